The summed E-state index contributed by atoms with van der Waals surface area (Å²) < 4.78 is 6.00. The molecule has 2 aromatic carbocycles. The van der Waals surface area contributed by atoms with Crippen molar-refractivity contribution in [2.75, 3.05) is 29.1 Å². The van der Waals surface area contributed by atoms with Crippen molar-refractivity contribution in [3.8, 4) is 0 Å². The van der Waals surface area contributed by atoms with Crippen molar-refractivity contribution in [3.63, 3.8) is 0 Å². The SMILES string of the molecule is O=C(CCSc1ccc(Br)cc1)Nc1ccccc1N1CCOC1=O. The molecule has 3 rings (SSSR count). The predicted molar refractivity (Wildman–Crippen MR) is 103 cm³/mol. The first-order chi connectivity index (χ1) is 12.1. The molecule has 1 heterocycles. The van der Waals surface area contributed by atoms with E-state index in [0.717, 1.165) is 9.37 Å². The number of carbonyl (C=O) groups is 2. The van der Waals surface area contributed by atoms with Crippen molar-refractivity contribution in [1.29, 1.82) is 0 Å². The lowest BCUT2D eigenvalue weighted by Gasteiger charge is -2.17. The summed E-state index contributed by atoms with van der Waals surface area (Å²) in [5.74, 6) is 0.603. The zero-order valence-electron chi connectivity index (χ0n) is 13.4. The Morgan fingerprint density at radius 3 is 2.68 bits per heavy atom. The molecule has 5 nitrogen and oxygen atoms in total. The van der Waals surface area contributed by atoms with Gasteiger partial charge in [-0.2, -0.15) is 0 Å². The molecule has 0 bridgehead atoms. The summed E-state index contributed by atoms with van der Waals surface area (Å²) in [6.07, 6.45) is 0.00645. The monoisotopic (exact) mass is 420 g/mol. The number of hydrogen-bond donors (Lipinski definition) is 1. The van der Waals surface area contributed by atoms with Gasteiger partial charge in [0, 0.05) is 21.5 Å². The highest BCUT2D eigenvalue weighted by Crippen LogP contribution is 2.28. The van der Waals surface area contributed by atoms with Crippen LogP contribution in [0.4, 0.5) is 16.2 Å². The van der Waals surface area contributed by atoms with Crippen LogP contribution >= 0.6 is 27.7 Å². The Morgan fingerprint density at radius 2 is 1.96 bits per heavy atom. The van der Waals surface area contributed by atoms with E-state index in [1.165, 1.54) is 4.90 Å². The number of cyclic esters (lactones) is 1. The van der Waals surface area contributed by atoms with Crippen molar-refractivity contribution in [2.45, 2.75) is 11.3 Å². The second kappa shape index (κ2) is 8.40. The maximum Gasteiger partial charge on any atom is 0.414 e. The van der Waals surface area contributed by atoms with Crippen molar-refractivity contribution < 1.29 is 14.3 Å². The third-order valence-electron chi connectivity index (χ3n) is 3.64. The Bertz CT molecular complexity index is 767. The van der Waals surface area contributed by atoms with Crippen LogP contribution in [0, 0.1) is 0 Å². The highest BCUT2D eigenvalue weighted by Gasteiger charge is 2.25. The first-order valence-electron chi connectivity index (χ1n) is 7.85. The highest BCUT2D eigenvalue weighted by molar-refractivity contribution is 9.10. The zero-order chi connectivity index (χ0) is 17.6. The van der Waals surface area contributed by atoms with E-state index in [4.69, 9.17) is 4.74 Å². The molecule has 25 heavy (non-hydrogen) atoms. The maximum atomic E-state index is 12.2. The molecule has 1 aliphatic rings. The zero-order valence-corrected chi connectivity index (χ0v) is 15.8. The van der Waals surface area contributed by atoms with Crippen LogP contribution in [0.2, 0.25) is 0 Å². The van der Waals surface area contributed by atoms with E-state index >= 15 is 0 Å². The number of halogens is 1. The maximum absolute atomic E-state index is 12.2. The second-order valence-corrected chi connectivity index (χ2v) is 7.47. The van der Waals surface area contributed by atoms with Gasteiger partial charge in [-0.25, -0.2) is 4.79 Å². The molecule has 1 N–H and O–H groups in total. The van der Waals surface area contributed by atoms with E-state index in [1.54, 1.807) is 23.9 Å². The third kappa shape index (κ3) is 4.76. The third-order valence-corrected chi connectivity index (χ3v) is 5.18. The summed E-state index contributed by atoms with van der Waals surface area (Å²) in [5, 5.41) is 2.89. The van der Waals surface area contributed by atoms with Crippen molar-refractivity contribution in [2.24, 2.45) is 0 Å². The number of carbonyl (C=O) groups excluding carboxylic acids is 2. The fraction of sp³-hybridized carbons (Fsp3) is 0.222. The molecule has 0 atom stereocenters. The van der Waals surface area contributed by atoms with Crippen LogP contribution in [-0.4, -0.2) is 30.9 Å². The van der Waals surface area contributed by atoms with E-state index in [-0.39, 0.29) is 12.0 Å². The van der Waals surface area contributed by atoms with Gasteiger partial charge in [0.05, 0.1) is 17.9 Å². The largest absolute Gasteiger partial charge is 0.447 e. The van der Waals surface area contributed by atoms with Gasteiger partial charge in [0.1, 0.15) is 6.61 Å². The number of hydrogen-bond acceptors (Lipinski definition) is 4. The molecule has 1 fully saturated rings. The van der Waals surface area contributed by atoms with Crippen LogP contribution in [-0.2, 0) is 9.53 Å². The average Bonchev–Trinajstić information content (AvgIpc) is 3.03. The fourth-order valence-corrected chi connectivity index (χ4v) is 3.55. The minimum absolute atomic E-state index is 0.0791. The van der Waals surface area contributed by atoms with Crippen LogP contribution in [0.25, 0.3) is 0 Å². The lowest BCUT2D eigenvalue weighted by molar-refractivity contribution is -0.115. The highest BCUT2D eigenvalue weighted by atomic mass is 79.9. The molecule has 0 unspecified atom stereocenters. The molecular weight excluding hydrogens is 404 g/mol. The number of amides is 2. The number of thioether (sulfide) groups is 1. The van der Waals surface area contributed by atoms with E-state index < -0.39 is 0 Å². The number of ether oxygens (including phenoxy) is 1. The normalized spacial score (nSPS) is 13.6. The van der Waals surface area contributed by atoms with Gasteiger partial charge >= 0.3 is 6.09 Å². The number of nitrogens with one attached hydrogen (secondary N) is 1. The molecule has 2 amide bonds. The first kappa shape index (κ1) is 17.8. The van der Waals surface area contributed by atoms with Crippen molar-refractivity contribution >= 4 is 51.1 Å². The number of para-hydroxylation sites is 2. The molecule has 1 saturated heterocycles. The lowest BCUT2D eigenvalue weighted by atomic mass is 10.2. The Morgan fingerprint density at radius 1 is 1.20 bits per heavy atom. The molecule has 0 spiro atoms. The number of rotatable bonds is 6. The fourth-order valence-electron chi connectivity index (χ4n) is 2.43. The molecule has 7 heteroatoms. The Balaban J connectivity index is 1.56. The van der Waals surface area contributed by atoms with Crippen LogP contribution in [0.3, 0.4) is 0 Å². The van der Waals surface area contributed by atoms with Gasteiger partial charge in [-0.3, -0.25) is 9.69 Å². The van der Waals surface area contributed by atoms with E-state index in [2.05, 4.69) is 21.2 Å². The second-order valence-electron chi connectivity index (χ2n) is 5.38. The Hall–Kier alpha value is -1.99. The van der Waals surface area contributed by atoms with E-state index in [0.29, 0.717) is 36.7 Å². The molecule has 0 aromatic heterocycles. The summed E-state index contributed by atoms with van der Waals surface area (Å²) in [5.41, 5.74) is 1.29. The summed E-state index contributed by atoms with van der Waals surface area (Å²) in [7, 11) is 0. The molecule has 0 radical (unpaired) electrons. The Kier molecular flexibility index (Phi) is 5.99. The standard InChI is InChI=1S/C18H17BrN2O3S/c19-13-5-7-14(8-6-13)25-12-9-17(22)20-15-3-1-2-4-16(15)21-10-11-24-18(21)23/h1-8H,9-12H2,(H,20,22). The van der Waals surface area contributed by atoms with Gasteiger partial charge in [0.25, 0.3) is 0 Å². The van der Waals surface area contributed by atoms with Crippen LogP contribution in [0.1, 0.15) is 6.42 Å². The number of anilines is 2. The van der Waals surface area contributed by atoms with E-state index in [1.807, 2.05) is 36.4 Å². The summed E-state index contributed by atoms with van der Waals surface area (Å²) in [6.45, 7) is 0.857. The van der Waals surface area contributed by atoms with Crippen LogP contribution in [0.15, 0.2) is 57.9 Å². The predicted octanol–water partition coefficient (Wildman–Crippen LogP) is 4.53. The summed E-state index contributed by atoms with van der Waals surface area (Å²) >= 11 is 5.03. The quantitative estimate of drug-likeness (QED) is 0.697. The molecule has 130 valence electrons. The average molecular weight is 421 g/mol. The van der Waals surface area contributed by atoms with Gasteiger partial charge in [-0.1, -0.05) is 28.1 Å². The van der Waals surface area contributed by atoms with Gasteiger partial charge in [0.15, 0.2) is 0 Å². The van der Waals surface area contributed by atoms with Crippen molar-refractivity contribution in [1.82, 2.24) is 0 Å². The Labute approximate surface area is 158 Å². The molecular formula is C18H17BrN2O3S. The van der Waals surface area contributed by atoms with Gasteiger partial charge in [-0.05, 0) is 36.4 Å². The minimum atomic E-state index is -0.382. The smallest absolute Gasteiger partial charge is 0.414 e. The topological polar surface area (TPSA) is 58.6 Å². The molecule has 0 aliphatic carbocycles. The molecule has 2 aromatic rings. The van der Waals surface area contributed by atoms with Crippen molar-refractivity contribution in [3.05, 3.63) is 53.0 Å². The van der Waals surface area contributed by atoms with E-state index in [9.17, 15) is 9.59 Å². The number of nitrogens with zero attached hydrogens (tertiary/aromatic N) is 1. The summed E-state index contributed by atoms with van der Waals surface area (Å²) in [6, 6.07) is 15.2. The van der Waals surface area contributed by atoms with Crippen LogP contribution < -0.4 is 10.2 Å². The van der Waals surface area contributed by atoms with Gasteiger partial charge in [0.2, 0.25) is 5.91 Å². The van der Waals surface area contributed by atoms with Gasteiger partial charge in [-0.15, -0.1) is 11.8 Å². The minimum Gasteiger partial charge on any atom is -0.447 e. The van der Waals surface area contributed by atoms with Crippen LogP contribution in [0.5, 0.6) is 0 Å². The molecule has 1 aliphatic heterocycles. The molecule has 0 saturated carbocycles. The number of benzene rings is 2. The lowest BCUT2D eigenvalue weighted by Crippen LogP contribution is -2.25. The first-order valence-corrected chi connectivity index (χ1v) is 9.63. The summed E-state index contributed by atoms with van der Waals surface area (Å²) in [4.78, 5) is 26.6. The van der Waals surface area contributed by atoms with Gasteiger partial charge < -0.3 is 10.1 Å².